The van der Waals surface area contributed by atoms with Crippen molar-refractivity contribution in [2.45, 2.75) is 31.8 Å². The molecule has 1 aromatic rings. The van der Waals surface area contributed by atoms with Crippen molar-refractivity contribution in [3.05, 3.63) is 29.8 Å². The number of ether oxygens (including phenoxy) is 2. The Hall–Kier alpha value is -1.59. The third-order valence-corrected chi connectivity index (χ3v) is 5.30. The van der Waals surface area contributed by atoms with Gasteiger partial charge in [0.2, 0.25) is 5.91 Å². The van der Waals surface area contributed by atoms with E-state index in [0.29, 0.717) is 32.3 Å². The van der Waals surface area contributed by atoms with Crippen LogP contribution < -0.4 is 15.4 Å². The number of methoxy groups -OCH3 is 1. The molecular formula is C22H36IN5O3. The number of amides is 1. The van der Waals surface area contributed by atoms with Gasteiger partial charge in [-0.2, -0.15) is 0 Å². The number of nitrogens with one attached hydrogen (secondary N) is 2. The number of benzene rings is 1. The molecular weight excluding hydrogens is 509 g/mol. The van der Waals surface area contributed by atoms with E-state index in [4.69, 9.17) is 9.47 Å². The molecule has 0 bridgehead atoms. The standard InChI is InChI=1S/C22H35N5O3.HI/c1-23-22(24-16-18-5-3-6-20(15-18)30-14-4-13-29-2)27-11-9-26(10-12-27)17-21(28)25-19-7-8-19;/h3,5-6,15,19H,4,7-14,16-17H2,1-2H3,(H,23,24)(H,25,28);1H. The van der Waals surface area contributed by atoms with Crippen LogP contribution in [-0.4, -0.2) is 87.8 Å². The summed E-state index contributed by atoms with van der Waals surface area (Å²) in [5.41, 5.74) is 1.15. The zero-order chi connectivity index (χ0) is 21.2. The number of carbonyl (C=O) groups excluding carboxylic acids is 1. The number of nitrogens with zero attached hydrogens (tertiary/aromatic N) is 3. The second kappa shape index (κ2) is 13.7. The quantitative estimate of drug-likeness (QED) is 0.202. The SMILES string of the molecule is CN=C(NCc1cccc(OCCCOC)c1)N1CCN(CC(=O)NC2CC2)CC1.I. The lowest BCUT2D eigenvalue weighted by atomic mass is 10.2. The lowest BCUT2D eigenvalue weighted by Gasteiger charge is -2.36. The molecule has 1 saturated carbocycles. The van der Waals surface area contributed by atoms with E-state index in [1.807, 2.05) is 19.2 Å². The molecule has 1 amide bonds. The van der Waals surface area contributed by atoms with Crippen LogP contribution in [0.5, 0.6) is 5.75 Å². The van der Waals surface area contributed by atoms with E-state index >= 15 is 0 Å². The number of rotatable bonds is 10. The van der Waals surface area contributed by atoms with Gasteiger partial charge in [-0.25, -0.2) is 0 Å². The van der Waals surface area contributed by atoms with Gasteiger partial charge in [0.05, 0.1) is 13.2 Å². The fourth-order valence-electron chi connectivity index (χ4n) is 3.47. The molecule has 8 nitrogen and oxygen atoms in total. The van der Waals surface area contributed by atoms with Crippen LogP contribution in [0.2, 0.25) is 0 Å². The number of piperazine rings is 1. The van der Waals surface area contributed by atoms with Crippen LogP contribution in [0.25, 0.3) is 0 Å². The van der Waals surface area contributed by atoms with Crippen LogP contribution in [-0.2, 0) is 16.1 Å². The van der Waals surface area contributed by atoms with E-state index in [1.165, 1.54) is 0 Å². The van der Waals surface area contributed by atoms with Crippen molar-refractivity contribution in [3.8, 4) is 5.75 Å². The van der Waals surface area contributed by atoms with Crippen molar-refractivity contribution in [1.82, 2.24) is 20.4 Å². The van der Waals surface area contributed by atoms with Crippen LogP contribution in [0.4, 0.5) is 0 Å². The summed E-state index contributed by atoms with van der Waals surface area (Å²) in [6.45, 7) is 5.98. The Balaban J connectivity index is 0.00000341. The first kappa shape index (κ1) is 25.7. The van der Waals surface area contributed by atoms with Gasteiger partial charge in [-0.3, -0.25) is 14.7 Å². The molecule has 0 unspecified atom stereocenters. The Kier molecular flexibility index (Phi) is 11.4. The third kappa shape index (κ3) is 9.20. The minimum absolute atomic E-state index is 0. The summed E-state index contributed by atoms with van der Waals surface area (Å²) < 4.78 is 10.8. The maximum atomic E-state index is 12.0. The van der Waals surface area contributed by atoms with Gasteiger partial charge in [0.15, 0.2) is 5.96 Å². The van der Waals surface area contributed by atoms with Crippen molar-refractivity contribution in [3.63, 3.8) is 0 Å². The summed E-state index contributed by atoms with van der Waals surface area (Å²) in [5.74, 6) is 1.92. The molecule has 2 aliphatic rings. The summed E-state index contributed by atoms with van der Waals surface area (Å²) >= 11 is 0. The van der Waals surface area contributed by atoms with Crippen LogP contribution in [0.3, 0.4) is 0 Å². The molecule has 0 aromatic heterocycles. The molecule has 0 radical (unpaired) electrons. The van der Waals surface area contributed by atoms with Crippen LogP contribution in [0, 0.1) is 0 Å². The first-order valence-corrected chi connectivity index (χ1v) is 10.9. The molecule has 3 rings (SSSR count). The number of guanidine groups is 1. The number of carbonyl (C=O) groups is 1. The summed E-state index contributed by atoms with van der Waals surface area (Å²) in [7, 11) is 3.51. The molecule has 0 atom stereocenters. The second-order valence-electron chi connectivity index (χ2n) is 7.85. The summed E-state index contributed by atoms with van der Waals surface area (Å²) in [6, 6.07) is 8.55. The Labute approximate surface area is 202 Å². The Bertz CT molecular complexity index is 706. The molecule has 0 spiro atoms. The Morgan fingerprint density at radius 1 is 1.19 bits per heavy atom. The first-order valence-electron chi connectivity index (χ1n) is 10.9. The third-order valence-electron chi connectivity index (χ3n) is 5.30. The maximum Gasteiger partial charge on any atom is 0.234 e. The normalized spacial score (nSPS) is 17.1. The van der Waals surface area contributed by atoms with Crippen LogP contribution >= 0.6 is 24.0 Å². The van der Waals surface area contributed by atoms with Gasteiger partial charge in [0, 0.05) is 66.0 Å². The number of halogens is 1. The first-order chi connectivity index (χ1) is 14.7. The van der Waals surface area contributed by atoms with E-state index in [0.717, 1.165) is 62.7 Å². The van der Waals surface area contributed by atoms with Gasteiger partial charge >= 0.3 is 0 Å². The predicted molar refractivity (Wildman–Crippen MR) is 133 cm³/mol. The lowest BCUT2D eigenvalue weighted by molar-refractivity contribution is -0.122. The largest absolute Gasteiger partial charge is 0.493 e. The molecule has 1 heterocycles. The lowest BCUT2D eigenvalue weighted by Crippen LogP contribution is -2.54. The van der Waals surface area contributed by atoms with Crippen molar-refractivity contribution in [2.24, 2.45) is 4.99 Å². The zero-order valence-electron chi connectivity index (χ0n) is 18.6. The summed E-state index contributed by atoms with van der Waals surface area (Å²) in [4.78, 5) is 20.9. The van der Waals surface area contributed by atoms with E-state index < -0.39 is 0 Å². The minimum atomic E-state index is 0. The van der Waals surface area contributed by atoms with E-state index in [-0.39, 0.29) is 29.9 Å². The molecule has 174 valence electrons. The van der Waals surface area contributed by atoms with Crippen molar-refractivity contribution >= 4 is 35.8 Å². The zero-order valence-corrected chi connectivity index (χ0v) is 21.0. The number of aliphatic imine (C=N–C) groups is 1. The fourth-order valence-corrected chi connectivity index (χ4v) is 3.47. The van der Waals surface area contributed by atoms with Crippen LogP contribution in [0.1, 0.15) is 24.8 Å². The van der Waals surface area contributed by atoms with Gasteiger partial charge in [-0.1, -0.05) is 12.1 Å². The molecule has 2 fully saturated rings. The highest BCUT2D eigenvalue weighted by Crippen LogP contribution is 2.18. The smallest absolute Gasteiger partial charge is 0.234 e. The van der Waals surface area contributed by atoms with Crippen molar-refractivity contribution in [1.29, 1.82) is 0 Å². The van der Waals surface area contributed by atoms with Gasteiger partial charge < -0.3 is 25.0 Å². The minimum Gasteiger partial charge on any atom is -0.493 e. The van der Waals surface area contributed by atoms with Gasteiger partial charge in [0.25, 0.3) is 0 Å². The maximum absolute atomic E-state index is 12.0. The second-order valence-corrected chi connectivity index (χ2v) is 7.85. The highest BCUT2D eigenvalue weighted by molar-refractivity contribution is 14.0. The molecule has 1 aromatic carbocycles. The van der Waals surface area contributed by atoms with Crippen molar-refractivity contribution in [2.75, 3.05) is 60.1 Å². The van der Waals surface area contributed by atoms with Gasteiger partial charge in [-0.05, 0) is 30.5 Å². The molecule has 1 saturated heterocycles. The predicted octanol–water partition coefficient (Wildman–Crippen LogP) is 1.69. The highest BCUT2D eigenvalue weighted by atomic mass is 127. The van der Waals surface area contributed by atoms with E-state index in [9.17, 15) is 4.79 Å². The molecule has 1 aliphatic carbocycles. The van der Waals surface area contributed by atoms with E-state index in [1.54, 1.807) is 7.11 Å². The van der Waals surface area contributed by atoms with Gasteiger partial charge in [-0.15, -0.1) is 24.0 Å². The van der Waals surface area contributed by atoms with E-state index in [2.05, 4.69) is 37.6 Å². The van der Waals surface area contributed by atoms with Crippen LogP contribution in [0.15, 0.2) is 29.3 Å². The highest BCUT2D eigenvalue weighted by Gasteiger charge is 2.25. The average molecular weight is 545 g/mol. The number of hydrogen-bond acceptors (Lipinski definition) is 5. The summed E-state index contributed by atoms with van der Waals surface area (Å²) in [6.07, 6.45) is 3.13. The molecule has 9 heteroatoms. The molecule has 31 heavy (non-hydrogen) atoms. The monoisotopic (exact) mass is 545 g/mol. The Morgan fingerprint density at radius 2 is 1.97 bits per heavy atom. The topological polar surface area (TPSA) is 78.4 Å². The summed E-state index contributed by atoms with van der Waals surface area (Å²) in [5, 5.41) is 6.51. The average Bonchev–Trinajstić information content (AvgIpc) is 3.57. The fraction of sp³-hybridized carbons (Fsp3) is 0.636. The van der Waals surface area contributed by atoms with Gasteiger partial charge in [0.1, 0.15) is 5.75 Å². The molecule has 2 N–H and O–H groups in total. The Morgan fingerprint density at radius 3 is 2.65 bits per heavy atom. The molecule has 1 aliphatic heterocycles. The number of hydrogen-bond donors (Lipinski definition) is 2. The van der Waals surface area contributed by atoms with Crippen molar-refractivity contribution < 1.29 is 14.3 Å².